The van der Waals surface area contributed by atoms with Crippen LogP contribution in [-0.4, -0.2) is 42.0 Å². The molecule has 2 atom stereocenters. The molecule has 2 rings (SSSR count). The van der Waals surface area contributed by atoms with Crippen molar-refractivity contribution < 1.29 is 19.1 Å². The molecule has 0 radical (unpaired) electrons. The van der Waals surface area contributed by atoms with E-state index in [9.17, 15) is 14.4 Å². The van der Waals surface area contributed by atoms with Crippen molar-refractivity contribution in [3.05, 3.63) is 65.7 Å². The standard InChI is InChI=1S/C26H36N4O4/c1-17(2)27-23(15-20-9-7-6-8-10-20)25(32)29-30-26(33)24(28-19(5)31)16-21-11-13-22(14-12-21)34-18(3)4/h6-14,17-18,23-24,27H,15-16H2,1-5H3,(H,28,31)(H,29,32)(H,30,33)/t23-,24+/m0/s1. The first-order valence-electron chi connectivity index (χ1n) is 11.6. The minimum atomic E-state index is -0.847. The summed E-state index contributed by atoms with van der Waals surface area (Å²) in [4.78, 5) is 37.3. The molecule has 0 spiro atoms. The molecule has 8 heteroatoms. The van der Waals surface area contributed by atoms with Crippen molar-refractivity contribution in [2.24, 2.45) is 0 Å². The van der Waals surface area contributed by atoms with Crippen molar-refractivity contribution in [2.45, 2.75) is 71.7 Å². The summed E-state index contributed by atoms with van der Waals surface area (Å²) in [5.74, 6) is -0.472. The highest BCUT2D eigenvalue weighted by Crippen LogP contribution is 2.15. The second kappa shape index (κ2) is 13.3. The van der Waals surface area contributed by atoms with Crippen molar-refractivity contribution >= 4 is 17.7 Å². The first-order chi connectivity index (χ1) is 16.1. The molecule has 0 aromatic heterocycles. The topological polar surface area (TPSA) is 109 Å². The van der Waals surface area contributed by atoms with E-state index in [4.69, 9.17) is 4.74 Å². The highest BCUT2D eigenvalue weighted by molar-refractivity contribution is 5.90. The Hall–Kier alpha value is -3.39. The number of benzene rings is 2. The first-order valence-corrected chi connectivity index (χ1v) is 11.6. The summed E-state index contributed by atoms with van der Waals surface area (Å²) < 4.78 is 5.64. The zero-order chi connectivity index (χ0) is 25.1. The van der Waals surface area contributed by atoms with Crippen LogP contribution in [0.15, 0.2) is 54.6 Å². The molecule has 2 aromatic carbocycles. The second-order valence-electron chi connectivity index (χ2n) is 8.81. The van der Waals surface area contributed by atoms with Crippen molar-refractivity contribution in [1.82, 2.24) is 21.5 Å². The molecule has 34 heavy (non-hydrogen) atoms. The third kappa shape index (κ3) is 9.62. The predicted octanol–water partition coefficient (Wildman–Crippen LogP) is 2.28. The molecule has 0 aliphatic heterocycles. The molecule has 0 saturated carbocycles. The molecule has 4 N–H and O–H groups in total. The Morgan fingerprint density at radius 1 is 0.765 bits per heavy atom. The van der Waals surface area contributed by atoms with Gasteiger partial charge in [0.1, 0.15) is 11.8 Å². The molecule has 184 valence electrons. The third-order valence-corrected chi connectivity index (χ3v) is 4.87. The van der Waals surface area contributed by atoms with Crippen LogP contribution in [0.25, 0.3) is 0 Å². The van der Waals surface area contributed by atoms with E-state index < -0.39 is 18.0 Å². The van der Waals surface area contributed by atoms with Gasteiger partial charge in [0.05, 0.1) is 12.1 Å². The van der Waals surface area contributed by atoms with Gasteiger partial charge in [-0.1, -0.05) is 56.3 Å². The van der Waals surface area contributed by atoms with E-state index in [1.807, 2.05) is 82.3 Å². The maximum atomic E-state index is 12.8. The lowest BCUT2D eigenvalue weighted by molar-refractivity contribution is -0.132. The molecule has 2 aromatic rings. The van der Waals surface area contributed by atoms with Gasteiger partial charge in [-0.05, 0) is 43.5 Å². The van der Waals surface area contributed by atoms with Gasteiger partial charge in [-0.3, -0.25) is 25.2 Å². The minimum absolute atomic E-state index is 0.0586. The predicted molar refractivity (Wildman–Crippen MR) is 132 cm³/mol. The third-order valence-electron chi connectivity index (χ3n) is 4.87. The number of rotatable bonds is 11. The van der Waals surface area contributed by atoms with Crippen molar-refractivity contribution in [3.63, 3.8) is 0 Å². The Balaban J connectivity index is 2.01. The van der Waals surface area contributed by atoms with Crippen LogP contribution in [0.2, 0.25) is 0 Å². The molecule has 0 fully saturated rings. The van der Waals surface area contributed by atoms with Crippen LogP contribution in [0.4, 0.5) is 0 Å². The summed E-state index contributed by atoms with van der Waals surface area (Å²) >= 11 is 0. The van der Waals surface area contributed by atoms with Gasteiger partial charge >= 0.3 is 0 Å². The lowest BCUT2D eigenvalue weighted by Gasteiger charge is -2.23. The maximum Gasteiger partial charge on any atom is 0.261 e. The number of carbonyl (C=O) groups is 3. The average Bonchev–Trinajstić information content (AvgIpc) is 2.77. The number of hydrogen-bond donors (Lipinski definition) is 4. The zero-order valence-corrected chi connectivity index (χ0v) is 20.6. The van der Waals surface area contributed by atoms with Crippen LogP contribution in [0, 0.1) is 0 Å². The monoisotopic (exact) mass is 468 g/mol. The van der Waals surface area contributed by atoms with Gasteiger partial charge < -0.3 is 15.4 Å². The number of hydrazine groups is 1. The summed E-state index contributed by atoms with van der Waals surface area (Å²) in [6, 6.07) is 15.7. The Morgan fingerprint density at radius 3 is 1.82 bits per heavy atom. The SMILES string of the molecule is CC(=O)N[C@H](Cc1ccc(OC(C)C)cc1)C(=O)NNC(=O)[C@H](Cc1ccccc1)NC(C)C. The quantitative estimate of drug-likeness (QED) is 0.379. The van der Waals surface area contributed by atoms with E-state index in [0.717, 1.165) is 16.9 Å². The molecule has 3 amide bonds. The normalized spacial score (nSPS) is 12.7. The fourth-order valence-electron chi connectivity index (χ4n) is 3.44. The van der Waals surface area contributed by atoms with E-state index in [1.165, 1.54) is 6.92 Å². The second-order valence-corrected chi connectivity index (χ2v) is 8.81. The molecule has 0 bridgehead atoms. The van der Waals surface area contributed by atoms with E-state index in [2.05, 4.69) is 21.5 Å². The van der Waals surface area contributed by atoms with Crippen LogP contribution in [0.1, 0.15) is 45.7 Å². The van der Waals surface area contributed by atoms with Gasteiger partial charge in [0.15, 0.2) is 0 Å². The number of hydrogen-bond acceptors (Lipinski definition) is 5. The van der Waals surface area contributed by atoms with Gasteiger partial charge in [-0.2, -0.15) is 0 Å². The van der Waals surface area contributed by atoms with Crippen molar-refractivity contribution in [1.29, 1.82) is 0 Å². The molecule has 8 nitrogen and oxygen atoms in total. The summed E-state index contributed by atoms with van der Waals surface area (Å²) in [6.45, 7) is 9.14. The molecule has 0 heterocycles. The summed E-state index contributed by atoms with van der Waals surface area (Å²) in [5.41, 5.74) is 6.82. The van der Waals surface area contributed by atoms with E-state index in [1.54, 1.807) is 0 Å². The molecule has 0 unspecified atom stereocenters. The highest BCUT2D eigenvalue weighted by atomic mass is 16.5. The van der Waals surface area contributed by atoms with Gasteiger partial charge in [0.25, 0.3) is 11.8 Å². The van der Waals surface area contributed by atoms with Gasteiger partial charge in [-0.15, -0.1) is 0 Å². The van der Waals surface area contributed by atoms with Crippen LogP contribution in [0.5, 0.6) is 5.75 Å². The summed E-state index contributed by atoms with van der Waals surface area (Å²) in [6.07, 6.45) is 0.796. The Bertz CT molecular complexity index is 930. The van der Waals surface area contributed by atoms with Crippen molar-refractivity contribution in [2.75, 3.05) is 0 Å². The smallest absolute Gasteiger partial charge is 0.261 e. The van der Waals surface area contributed by atoms with E-state index in [0.29, 0.717) is 6.42 Å². The summed E-state index contributed by atoms with van der Waals surface area (Å²) in [7, 11) is 0. The largest absolute Gasteiger partial charge is 0.491 e. The van der Waals surface area contributed by atoms with Crippen LogP contribution in [-0.2, 0) is 27.2 Å². The fraction of sp³-hybridized carbons (Fsp3) is 0.423. The Kier molecular flexibility index (Phi) is 10.5. The maximum absolute atomic E-state index is 12.8. The molecule has 0 aliphatic rings. The summed E-state index contributed by atoms with van der Waals surface area (Å²) in [5, 5.41) is 5.88. The van der Waals surface area contributed by atoms with E-state index >= 15 is 0 Å². The van der Waals surface area contributed by atoms with Gasteiger partial charge in [0.2, 0.25) is 5.91 Å². The van der Waals surface area contributed by atoms with Gasteiger partial charge in [-0.25, -0.2) is 0 Å². The number of carbonyl (C=O) groups excluding carboxylic acids is 3. The van der Waals surface area contributed by atoms with Crippen LogP contribution >= 0.6 is 0 Å². The van der Waals surface area contributed by atoms with Crippen LogP contribution < -0.4 is 26.2 Å². The molecule has 0 aliphatic carbocycles. The Morgan fingerprint density at radius 2 is 1.29 bits per heavy atom. The average molecular weight is 469 g/mol. The van der Waals surface area contributed by atoms with Crippen LogP contribution in [0.3, 0.4) is 0 Å². The first kappa shape index (κ1) is 26.9. The zero-order valence-electron chi connectivity index (χ0n) is 20.6. The minimum Gasteiger partial charge on any atom is -0.491 e. The lowest BCUT2D eigenvalue weighted by atomic mass is 10.0. The van der Waals surface area contributed by atoms with Crippen molar-refractivity contribution in [3.8, 4) is 5.75 Å². The molecular weight excluding hydrogens is 432 g/mol. The molecular formula is C26H36N4O4. The number of ether oxygens (including phenoxy) is 1. The molecule has 0 saturated heterocycles. The fourth-order valence-corrected chi connectivity index (χ4v) is 3.44. The van der Waals surface area contributed by atoms with Gasteiger partial charge in [0, 0.05) is 19.4 Å². The van der Waals surface area contributed by atoms with E-state index in [-0.39, 0.29) is 30.4 Å². The Labute approximate surface area is 201 Å². The highest BCUT2D eigenvalue weighted by Gasteiger charge is 2.24. The lowest BCUT2D eigenvalue weighted by Crippen LogP contribution is -2.57. The number of amides is 3. The number of nitrogens with one attached hydrogen (secondary N) is 4.